The molecule has 1 aliphatic rings. The molecule has 0 atom stereocenters. The van der Waals surface area contributed by atoms with Gasteiger partial charge in [0.15, 0.2) is 0 Å². The zero-order valence-corrected chi connectivity index (χ0v) is 24.4. The van der Waals surface area contributed by atoms with Crippen molar-refractivity contribution in [2.75, 3.05) is 0 Å². The van der Waals surface area contributed by atoms with Crippen LogP contribution >= 0.6 is 7.92 Å². The molecule has 0 radical (unpaired) electrons. The van der Waals surface area contributed by atoms with Crippen LogP contribution in [0.2, 0.25) is 0 Å². The Bertz CT molecular complexity index is 797. The van der Waals surface area contributed by atoms with Gasteiger partial charge in [-0.25, -0.2) is 0 Å². The molecule has 35 heavy (non-hydrogen) atoms. The molecular weight excluding hydrogens is 439 g/mol. The highest BCUT2D eigenvalue weighted by Crippen LogP contribution is 2.48. The smallest absolute Gasteiger partial charge is 0.0129 e. The largest absolute Gasteiger partial charge is 0.0654 e. The summed E-state index contributed by atoms with van der Waals surface area (Å²) in [7, 11) is -0.306. The standard InChI is InChI=1S/C34H53P/c1-5-9-18-28-20-16-26-33(31(28)24-11-7-3)35(30-22-14-13-15-23-30)34-27-17-21-29(19-10-6-2)32(34)25-12-8-4/h16-17,20-21,26-27,30H,5-15,18-19,22-25H2,1-4H3. The first-order valence-electron chi connectivity index (χ1n) is 15.3. The fourth-order valence-corrected chi connectivity index (χ4v) is 9.56. The van der Waals surface area contributed by atoms with Crippen molar-refractivity contribution in [2.24, 2.45) is 0 Å². The molecule has 0 heterocycles. The predicted molar refractivity (Wildman–Crippen MR) is 160 cm³/mol. The molecule has 0 spiro atoms. The molecule has 1 heteroatoms. The van der Waals surface area contributed by atoms with E-state index in [9.17, 15) is 0 Å². The second-order valence-corrected chi connectivity index (χ2v) is 13.3. The maximum absolute atomic E-state index is 2.57. The van der Waals surface area contributed by atoms with Crippen LogP contribution in [-0.2, 0) is 25.7 Å². The van der Waals surface area contributed by atoms with E-state index in [1.165, 1.54) is 109 Å². The second kappa shape index (κ2) is 15.9. The van der Waals surface area contributed by atoms with E-state index >= 15 is 0 Å². The maximum atomic E-state index is 2.57. The fourth-order valence-electron chi connectivity index (χ4n) is 6.04. The first-order chi connectivity index (χ1) is 17.2. The Kier molecular flexibility index (Phi) is 12.9. The van der Waals surface area contributed by atoms with Crippen molar-refractivity contribution in [3.8, 4) is 0 Å². The highest BCUT2D eigenvalue weighted by Gasteiger charge is 2.30. The van der Waals surface area contributed by atoms with Crippen molar-refractivity contribution in [1.82, 2.24) is 0 Å². The molecule has 1 aliphatic carbocycles. The van der Waals surface area contributed by atoms with Gasteiger partial charge in [0.1, 0.15) is 0 Å². The molecule has 2 aromatic rings. The van der Waals surface area contributed by atoms with E-state index in [-0.39, 0.29) is 7.92 Å². The van der Waals surface area contributed by atoms with Crippen LogP contribution in [0.4, 0.5) is 0 Å². The molecule has 2 aromatic carbocycles. The highest BCUT2D eigenvalue weighted by atomic mass is 31.1. The van der Waals surface area contributed by atoms with Crippen LogP contribution in [0.15, 0.2) is 36.4 Å². The third-order valence-electron chi connectivity index (χ3n) is 8.12. The van der Waals surface area contributed by atoms with E-state index in [0.29, 0.717) is 0 Å². The number of benzene rings is 2. The summed E-state index contributed by atoms with van der Waals surface area (Å²) in [6.45, 7) is 9.40. The van der Waals surface area contributed by atoms with Gasteiger partial charge in [-0.15, -0.1) is 0 Å². The number of hydrogen-bond acceptors (Lipinski definition) is 0. The van der Waals surface area contributed by atoms with E-state index in [2.05, 4.69) is 64.1 Å². The zero-order chi connectivity index (χ0) is 24.9. The van der Waals surface area contributed by atoms with Gasteiger partial charge >= 0.3 is 0 Å². The lowest BCUT2D eigenvalue weighted by molar-refractivity contribution is 0.513. The number of hydrogen-bond donors (Lipinski definition) is 0. The summed E-state index contributed by atoms with van der Waals surface area (Å²) < 4.78 is 0. The van der Waals surface area contributed by atoms with E-state index in [4.69, 9.17) is 0 Å². The molecule has 3 rings (SSSR count). The monoisotopic (exact) mass is 492 g/mol. The maximum Gasteiger partial charge on any atom is -0.0129 e. The van der Waals surface area contributed by atoms with Crippen molar-refractivity contribution in [2.45, 2.75) is 143 Å². The van der Waals surface area contributed by atoms with Gasteiger partial charge in [-0.1, -0.05) is 109 Å². The quantitative estimate of drug-likeness (QED) is 0.217. The van der Waals surface area contributed by atoms with Crippen LogP contribution in [0.25, 0.3) is 0 Å². The summed E-state index contributed by atoms with van der Waals surface area (Å²) >= 11 is 0. The molecule has 1 fully saturated rings. The van der Waals surface area contributed by atoms with Gasteiger partial charge in [0, 0.05) is 0 Å². The predicted octanol–water partition coefficient (Wildman–Crippen LogP) is 9.82. The Balaban J connectivity index is 2.17. The summed E-state index contributed by atoms with van der Waals surface area (Å²) in [6, 6.07) is 14.9. The van der Waals surface area contributed by atoms with Crippen LogP contribution in [-0.4, -0.2) is 5.66 Å². The van der Waals surface area contributed by atoms with Crippen LogP contribution in [0.1, 0.15) is 133 Å². The van der Waals surface area contributed by atoms with Crippen LogP contribution < -0.4 is 10.6 Å². The molecule has 0 N–H and O–H groups in total. The van der Waals surface area contributed by atoms with Gasteiger partial charge in [-0.3, -0.25) is 0 Å². The Morgan fingerprint density at radius 2 is 1.00 bits per heavy atom. The van der Waals surface area contributed by atoms with Crippen molar-refractivity contribution in [1.29, 1.82) is 0 Å². The molecule has 0 nitrogen and oxygen atoms in total. The van der Waals surface area contributed by atoms with E-state index < -0.39 is 0 Å². The molecule has 1 saturated carbocycles. The minimum atomic E-state index is -0.306. The molecule has 0 aliphatic heterocycles. The topological polar surface area (TPSA) is 0 Å². The number of rotatable bonds is 15. The van der Waals surface area contributed by atoms with Crippen LogP contribution in [0.5, 0.6) is 0 Å². The molecule has 0 bridgehead atoms. The highest BCUT2D eigenvalue weighted by molar-refractivity contribution is 7.73. The third-order valence-corrected chi connectivity index (χ3v) is 11.2. The van der Waals surface area contributed by atoms with Gasteiger partial charge in [0.2, 0.25) is 0 Å². The Morgan fingerprint density at radius 1 is 0.571 bits per heavy atom. The molecular formula is C34H53P. The summed E-state index contributed by atoms with van der Waals surface area (Å²) in [5, 5.41) is 3.53. The second-order valence-electron chi connectivity index (χ2n) is 10.9. The lowest BCUT2D eigenvalue weighted by atomic mass is 9.97. The first-order valence-corrected chi connectivity index (χ1v) is 16.7. The number of unbranched alkanes of at least 4 members (excludes halogenated alkanes) is 4. The summed E-state index contributed by atoms with van der Waals surface area (Å²) in [5.74, 6) is 0. The summed E-state index contributed by atoms with van der Waals surface area (Å²) in [5.41, 5.74) is 7.69. The summed E-state index contributed by atoms with van der Waals surface area (Å²) in [6.07, 6.45) is 22.7. The van der Waals surface area contributed by atoms with Crippen molar-refractivity contribution in [3.63, 3.8) is 0 Å². The van der Waals surface area contributed by atoms with E-state index in [1.54, 1.807) is 32.9 Å². The van der Waals surface area contributed by atoms with Gasteiger partial charge < -0.3 is 0 Å². The normalized spacial score (nSPS) is 14.7. The Labute approximate surface area is 219 Å². The zero-order valence-electron chi connectivity index (χ0n) is 23.5. The Hall–Kier alpha value is -1.13. The van der Waals surface area contributed by atoms with Gasteiger partial charge in [0.05, 0.1) is 0 Å². The van der Waals surface area contributed by atoms with E-state index in [0.717, 1.165) is 5.66 Å². The van der Waals surface area contributed by atoms with Crippen molar-refractivity contribution in [3.05, 3.63) is 58.7 Å². The van der Waals surface area contributed by atoms with Crippen molar-refractivity contribution >= 4 is 18.5 Å². The van der Waals surface area contributed by atoms with Crippen LogP contribution in [0, 0.1) is 0 Å². The molecule has 194 valence electrons. The van der Waals surface area contributed by atoms with Crippen LogP contribution in [0.3, 0.4) is 0 Å². The summed E-state index contributed by atoms with van der Waals surface area (Å²) in [4.78, 5) is 0. The minimum Gasteiger partial charge on any atom is -0.0654 e. The third kappa shape index (κ3) is 7.92. The molecule has 0 amide bonds. The average Bonchev–Trinajstić information content (AvgIpc) is 2.90. The van der Waals surface area contributed by atoms with Gasteiger partial charge in [-0.2, -0.15) is 0 Å². The molecule has 0 unspecified atom stereocenters. The fraction of sp³-hybridized carbons (Fsp3) is 0.647. The lowest BCUT2D eigenvalue weighted by Crippen LogP contribution is -2.29. The minimum absolute atomic E-state index is 0.306. The molecule has 0 aromatic heterocycles. The average molecular weight is 493 g/mol. The van der Waals surface area contributed by atoms with Gasteiger partial charge in [-0.05, 0) is 111 Å². The van der Waals surface area contributed by atoms with Crippen molar-refractivity contribution < 1.29 is 0 Å². The first kappa shape index (κ1) is 28.4. The van der Waals surface area contributed by atoms with E-state index in [1.807, 2.05) is 0 Å². The number of aryl methyl sites for hydroxylation is 2. The Morgan fingerprint density at radius 3 is 1.43 bits per heavy atom. The van der Waals surface area contributed by atoms with Gasteiger partial charge in [0.25, 0.3) is 0 Å². The lowest BCUT2D eigenvalue weighted by Gasteiger charge is -2.35. The SMILES string of the molecule is CCCCc1cccc(P(c2cccc(CCCC)c2CCCC)C2CCCCC2)c1CCCC. The molecule has 0 saturated heterocycles.